The van der Waals surface area contributed by atoms with E-state index < -0.39 is 0 Å². The molecule has 26 heavy (non-hydrogen) atoms. The number of imidazole rings is 1. The molecule has 0 unspecified atom stereocenters. The number of nitrogens with zero attached hydrogens (tertiary/aromatic N) is 2. The summed E-state index contributed by atoms with van der Waals surface area (Å²) in [6.45, 7) is 8.47. The maximum absolute atomic E-state index is 13.0. The van der Waals surface area contributed by atoms with Crippen molar-refractivity contribution < 1.29 is 0 Å². The quantitative estimate of drug-likeness (QED) is 0.453. The van der Waals surface area contributed by atoms with Crippen LogP contribution in [-0.4, -0.2) is 9.38 Å². The average Bonchev–Trinajstić information content (AvgIpc) is 3.11. The first kappa shape index (κ1) is 17.4. The van der Waals surface area contributed by atoms with Crippen molar-refractivity contribution in [2.75, 3.05) is 0 Å². The van der Waals surface area contributed by atoms with E-state index in [0.717, 1.165) is 37.2 Å². The molecular weight excluding hydrogens is 408 g/mol. The fourth-order valence-corrected chi connectivity index (χ4v) is 4.69. The standard InChI is InChI=1S/C21H19BrN2OS/c1-11(2)15-7-5-14(6-8-15)10-17-20(25)24-16-9-12(3)13(4)18(22)19(16)23-21(24)26-17/h5-11H,1-4H3/b17-10+. The second-order valence-electron chi connectivity index (χ2n) is 6.97. The van der Waals surface area contributed by atoms with Crippen molar-refractivity contribution in [3.8, 4) is 0 Å². The first-order valence-corrected chi connectivity index (χ1v) is 10.2. The SMILES string of the molecule is Cc1cc2c(nc3s/c(=C/c4ccc(C(C)C)cc4)c(=O)n32)c(Br)c1C. The number of aryl methyl sites for hydroxylation is 1. The van der Waals surface area contributed by atoms with Gasteiger partial charge in [-0.05, 0) is 70.1 Å². The molecular formula is C21H19BrN2OS. The van der Waals surface area contributed by atoms with E-state index in [-0.39, 0.29) is 5.56 Å². The van der Waals surface area contributed by atoms with E-state index >= 15 is 0 Å². The maximum atomic E-state index is 13.0. The van der Waals surface area contributed by atoms with Crippen LogP contribution in [0, 0.1) is 13.8 Å². The van der Waals surface area contributed by atoms with Crippen LogP contribution in [0.1, 0.15) is 42.0 Å². The number of thiazole rings is 1. The number of benzene rings is 2. The molecule has 3 nitrogen and oxygen atoms in total. The second kappa shape index (κ2) is 6.32. The minimum absolute atomic E-state index is 0.00408. The second-order valence-corrected chi connectivity index (χ2v) is 8.77. The summed E-state index contributed by atoms with van der Waals surface area (Å²) in [4.78, 5) is 18.4. The molecule has 5 heteroatoms. The minimum atomic E-state index is -0.00408. The third-order valence-electron chi connectivity index (χ3n) is 4.88. The van der Waals surface area contributed by atoms with Crippen molar-refractivity contribution in [2.45, 2.75) is 33.6 Å². The molecule has 0 N–H and O–H groups in total. The van der Waals surface area contributed by atoms with E-state index in [4.69, 9.17) is 4.98 Å². The smallest absolute Gasteiger partial charge is 0.267 e. The highest BCUT2D eigenvalue weighted by atomic mass is 79.9. The van der Waals surface area contributed by atoms with E-state index in [0.29, 0.717) is 10.5 Å². The minimum Gasteiger partial charge on any atom is -0.267 e. The van der Waals surface area contributed by atoms with Gasteiger partial charge in [0.05, 0.1) is 10.0 Å². The van der Waals surface area contributed by atoms with Crippen LogP contribution in [-0.2, 0) is 0 Å². The topological polar surface area (TPSA) is 34.4 Å². The molecule has 0 aliphatic heterocycles. The van der Waals surface area contributed by atoms with E-state index in [1.165, 1.54) is 16.9 Å². The highest BCUT2D eigenvalue weighted by molar-refractivity contribution is 9.10. The summed E-state index contributed by atoms with van der Waals surface area (Å²) in [5.74, 6) is 0.501. The molecule has 0 radical (unpaired) electrons. The Morgan fingerprint density at radius 2 is 1.88 bits per heavy atom. The zero-order valence-electron chi connectivity index (χ0n) is 15.1. The van der Waals surface area contributed by atoms with Gasteiger partial charge < -0.3 is 0 Å². The summed E-state index contributed by atoms with van der Waals surface area (Å²) < 4.78 is 3.41. The first-order chi connectivity index (χ1) is 12.4. The Morgan fingerprint density at radius 1 is 1.19 bits per heavy atom. The molecule has 0 aliphatic carbocycles. The summed E-state index contributed by atoms with van der Waals surface area (Å²) in [6, 6.07) is 10.4. The monoisotopic (exact) mass is 426 g/mol. The molecule has 0 fully saturated rings. The highest BCUT2D eigenvalue weighted by Crippen LogP contribution is 2.30. The van der Waals surface area contributed by atoms with Gasteiger partial charge in [-0.1, -0.05) is 49.4 Å². The van der Waals surface area contributed by atoms with Crippen molar-refractivity contribution in [2.24, 2.45) is 0 Å². The molecule has 0 atom stereocenters. The predicted molar refractivity (Wildman–Crippen MR) is 113 cm³/mol. The molecule has 0 amide bonds. The molecule has 4 aromatic rings. The van der Waals surface area contributed by atoms with Gasteiger partial charge >= 0.3 is 0 Å². The third-order valence-corrected chi connectivity index (χ3v) is 6.82. The van der Waals surface area contributed by atoms with Gasteiger partial charge in [-0.25, -0.2) is 9.38 Å². The van der Waals surface area contributed by atoms with Gasteiger partial charge in [0.1, 0.15) is 5.52 Å². The summed E-state index contributed by atoms with van der Waals surface area (Å²) in [6.07, 6.45) is 1.95. The van der Waals surface area contributed by atoms with Crippen molar-refractivity contribution in [1.82, 2.24) is 9.38 Å². The Kier molecular flexibility index (Phi) is 4.24. The fourth-order valence-electron chi connectivity index (χ4n) is 3.11. The summed E-state index contributed by atoms with van der Waals surface area (Å²) in [5, 5.41) is 0. The summed E-state index contributed by atoms with van der Waals surface area (Å²) >= 11 is 5.07. The van der Waals surface area contributed by atoms with Crippen molar-refractivity contribution in [3.05, 3.63) is 71.9 Å². The van der Waals surface area contributed by atoms with E-state index in [2.05, 4.69) is 67.9 Å². The van der Waals surface area contributed by atoms with Crippen LogP contribution in [0.25, 0.3) is 22.1 Å². The molecule has 4 rings (SSSR count). The first-order valence-electron chi connectivity index (χ1n) is 8.59. The van der Waals surface area contributed by atoms with Crippen LogP contribution in [0.2, 0.25) is 0 Å². The van der Waals surface area contributed by atoms with Crippen molar-refractivity contribution in [3.63, 3.8) is 0 Å². The van der Waals surface area contributed by atoms with E-state index in [9.17, 15) is 4.79 Å². The number of hydrogen-bond acceptors (Lipinski definition) is 3. The molecule has 0 saturated heterocycles. The lowest BCUT2D eigenvalue weighted by atomic mass is 10.0. The van der Waals surface area contributed by atoms with Crippen LogP contribution in [0.3, 0.4) is 0 Å². The van der Waals surface area contributed by atoms with Gasteiger partial charge in [0, 0.05) is 4.47 Å². The molecule has 0 spiro atoms. The highest BCUT2D eigenvalue weighted by Gasteiger charge is 2.15. The number of hydrogen-bond donors (Lipinski definition) is 0. The Bertz CT molecular complexity index is 1250. The van der Waals surface area contributed by atoms with Crippen LogP contribution in [0.15, 0.2) is 39.6 Å². The Morgan fingerprint density at radius 3 is 2.54 bits per heavy atom. The van der Waals surface area contributed by atoms with Gasteiger partial charge in [-0.2, -0.15) is 0 Å². The Labute approximate surface area is 164 Å². The molecule has 132 valence electrons. The normalized spacial score (nSPS) is 12.8. The lowest BCUT2D eigenvalue weighted by molar-refractivity contribution is 0.866. The van der Waals surface area contributed by atoms with Gasteiger partial charge in [0.2, 0.25) is 0 Å². The van der Waals surface area contributed by atoms with Crippen LogP contribution in [0.5, 0.6) is 0 Å². The van der Waals surface area contributed by atoms with Gasteiger partial charge in [0.25, 0.3) is 5.56 Å². The fraction of sp³-hybridized carbons (Fsp3) is 0.238. The average molecular weight is 427 g/mol. The number of halogens is 1. The largest absolute Gasteiger partial charge is 0.274 e. The zero-order valence-corrected chi connectivity index (χ0v) is 17.5. The number of rotatable bonds is 2. The summed E-state index contributed by atoms with van der Waals surface area (Å²) in [7, 11) is 0. The van der Waals surface area contributed by atoms with Crippen LogP contribution < -0.4 is 10.1 Å². The number of aromatic nitrogens is 2. The lowest BCUT2D eigenvalue weighted by Gasteiger charge is -2.04. The third kappa shape index (κ3) is 2.70. The van der Waals surface area contributed by atoms with Crippen LogP contribution in [0.4, 0.5) is 0 Å². The molecule has 2 aromatic heterocycles. The zero-order chi connectivity index (χ0) is 18.6. The Hall–Kier alpha value is -1.98. The van der Waals surface area contributed by atoms with Crippen LogP contribution >= 0.6 is 27.3 Å². The summed E-state index contributed by atoms with van der Waals surface area (Å²) in [5.41, 5.74) is 6.35. The predicted octanol–water partition coefficient (Wildman–Crippen LogP) is 4.96. The Balaban J connectivity index is 1.92. The number of fused-ring (bicyclic) bond motifs is 3. The van der Waals surface area contributed by atoms with E-state index in [1.807, 2.05) is 12.1 Å². The molecule has 0 saturated carbocycles. The molecule has 0 aliphatic rings. The lowest BCUT2D eigenvalue weighted by Crippen LogP contribution is -2.22. The van der Waals surface area contributed by atoms with E-state index in [1.54, 1.807) is 4.40 Å². The van der Waals surface area contributed by atoms with Gasteiger partial charge in [-0.3, -0.25) is 4.79 Å². The molecule has 2 heterocycles. The van der Waals surface area contributed by atoms with Gasteiger partial charge in [-0.15, -0.1) is 0 Å². The molecule has 0 bridgehead atoms. The van der Waals surface area contributed by atoms with Crippen molar-refractivity contribution in [1.29, 1.82) is 0 Å². The maximum Gasteiger partial charge on any atom is 0.274 e. The molecule has 2 aromatic carbocycles. The van der Waals surface area contributed by atoms with Gasteiger partial charge in [0.15, 0.2) is 4.96 Å². The van der Waals surface area contributed by atoms with Crippen molar-refractivity contribution >= 4 is 49.3 Å².